The number of carbonyl (C=O) groups is 2. The Labute approximate surface area is 126 Å². The molecule has 2 N–H and O–H groups in total. The third-order valence-corrected chi connectivity index (χ3v) is 3.61. The maximum atomic E-state index is 12.2. The lowest BCUT2D eigenvalue weighted by atomic mass is 9.91. The first-order valence-corrected chi connectivity index (χ1v) is 7.78. The summed E-state index contributed by atoms with van der Waals surface area (Å²) in [5.41, 5.74) is 0. The summed E-state index contributed by atoms with van der Waals surface area (Å²) in [5.74, 6) is 0.641. The first kappa shape index (κ1) is 17.8. The normalized spacial score (nSPS) is 22.2. The van der Waals surface area contributed by atoms with Crippen LogP contribution in [-0.4, -0.2) is 54.4 Å². The van der Waals surface area contributed by atoms with Gasteiger partial charge in [0.15, 0.2) is 0 Å². The number of likely N-dealkylation sites (tertiary alicyclic amines) is 1. The molecular weight excluding hydrogens is 272 g/mol. The second-order valence-electron chi connectivity index (χ2n) is 6.07. The van der Waals surface area contributed by atoms with E-state index < -0.39 is 6.09 Å². The summed E-state index contributed by atoms with van der Waals surface area (Å²) in [5, 5.41) is 11.9. The van der Waals surface area contributed by atoms with Crippen molar-refractivity contribution >= 4 is 12.0 Å². The maximum Gasteiger partial charge on any atom is 0.407 e. The molecule has 1 heterocycles. The summed E-state index contributed by atoms with van der Waals surface area (Å²) in [7, 11) is 0. The van der Waals surface area contributed by atoms with Crippen LogP contribution in [0, 0.1) is 11.8 Å². The molecule has 0 aromatic rings. The monoisotopic (exact) mass is 300 g/mol. The van der Waals surface area contributed by atoms with E-state index in [2.05, 4.69) is 5.32 Å². The molecule has 0 aromatic heterocycles. The molecule has 0 saturated carbocycles. The van der Waals surface area contributed by atoms with E-state index in [1.807, 2.05) is 13.8 Å². The number of hydrogen-bond acceptors (Lipinski definition) is 4. The molecule has 0 aromatic carbocycles. The van der Waals surface area contributed by atoms with Gasteiger partial charge in [0.25, 0.3) is 0 Å². The highest BCUT2D eigenvalue weighted by molar-refractivity contribution is 5.76. The molecule has 0 aliphatic carbocycles. The highest BCUT2D eigenvalue weighted by atomic mass is 16.5. The van der Waals surface area contributed by atoms with E-state index in [1.54, 1.807) is 11.8 Å². The van der Waals surface area contributed by atoms with Crippen molar-refractivity contribution < 1.29 is 19.4 Å². The Balaban J connectivity index is 2.63. The molecule has 21 heavy (non-hydrogen) atoms. The number of alkyl carbamates (subject to hydrolysis) is 1. The molecule has 1 aliphatic rings. The Kier molecular flexibility index (Phi) is 7.50. The average Bonchev–Trinajstić information content (AvgIpc) is 2.38. The van der Waals surface area contributed by atoms with E-state index >= 15 is 0 Å². The zero-order valence-electron chi connectivity index (χ0n) is 13.3. The van der Waals surface area contributed by atoms with Crippen LogP contribution in [0.4, 0.5) is 4.79 Å². The van der Waals surface area contributed by atoms with Crippen LogP contribution in [0.5, 0.6) is 0 Å². The van der Waals surface area contributed by atoms with Crippen molar-refractivity contribution in [3.05, 3.63) is 0 Å². The highest BCUT2D eigenvalue weighted by Crippen LogP contribution is 2.21. The summed E-state index contributed by atoms with van der Waals surface area (Å²) in [6.45, 7) is 7.40. The van der Waals surface area contributed by atoms with Crippen molar-refractivity contribution in [3.8, 4) is 0 Å². The van der Waals surface area contributed by atoms with Crippen molar-refractivity contribution in [2.75, 3.05) is 26.3 Å². The molecule has 1 aliphatic heterocycles. The van der Waals surface area contributed by atoms with E-state index in [-0.39, 0.29) is 24.5 Å². The van der Waals surface area contributed by atoms with Crippen molar-refractivity contribution in [3.63, 3.8) is 0 Å². The van der Waals surface area contributed by atoms with Crippen molar-refractivity contribution in [1.82, 2.24) is 10.2 Å². The van der Waals surface area contributed by atoms with E-state index in [0.717, 1.165) is 6.42 Å². The first-order valence-electron chi connectivity index (χ1n) is 7.78. The fourth-order valence-electron chi connectivity index (χ4n) is 2.72. The zero-order chi connectivity index (χ0) is 15.8. The van der Waals surface area contributed by atoms with Crippen LogP contribution < -0.4 is 5.32 Å². The van der Waals surface area contributed by atoms with E-state index in [0.29, 0.717) is 38.5 Å². The van der Waals surface area contributed by atoms with Gasteiger partial charge in [-0.05, 0) is 31.6 Å². The van der Waals surface area contributed by atoms with Crippen molar-refractivity contribution in [2.24, 2.45) is 11.8 Å². The number of hydrogen-bond donors (Lipinski definition) is 2. The number of nitrogens with zero attached hydrogens (tertiary/aromatic N) is 1. The minimum Gasteiger partial charge on any atom is -0.450 e. The summed E-state index contributed by atoms with van der Waals surface area (Å²) in [6, 6.07) is -0.106. The molecule has 6 heteroatoms. The van der Waals surface area contributed by atoms with Gasteiger partial charge in [-0.15, -0.1) is 0 Å². The Morgan fingerprint density at radius 2 is 2.10 bits per heavy atom. The molecule has 0 radical (unpaired) electrons. The smallest absolute Gasteiger partial charge is 0.407 e. The minimum atomic E-state index is -0.441. The molecule has 0 bridgehead atoms. The molecule has 1 fully saturated rings. The van der Waals surface area contributed by atoms with E-state index in [9.17, 15) is 9.59 Å². The van der Waals surface area contributed by atoms with Gasteiger partial charge < -0.3 is 20.1 Å². The molecule has 2 amide bonds. The summed E-state index contributed by atoms with van der Waals surface area (Å²) in [4.78, 5) is 25.6. The lowest BCUT2D eigenvalue weighted by Crippen LogP contribution is -2.53. The summed E-state index contributed by atoms with van der Waals surface area (Å²) < 4.78 is 4.90. The molecule has 6 nitrogen and oxygen atoms in total. The van der Waals surface area contributed by atoms with E-state index in [1.165, 1.54) is 0 Å². The van der Waals surface area contributed by atoms with Crippen LogP contribution in [0.25, 0.3) is 0 Å². The second kappa shape index (κ2) is 8.87. The first-order chi connectivity index (χ1) is 9.96. The summed E-state index contributed by atoms with van der Waals surface area (Å²) >= 11 is 0. The average molecular weight is 300 g/mol. The Hall–Kier alpha value is -1.30. The number of carbonyl (C=O) groups excluding carboxylic acids is 2. The van der Waals surface area contributed by atoms with Gasteiger partial charge in [-0.25, -0.2) is 4.79 Å². The predicted octanol–water partition coefficient (Wildman–Crippen LogP) is 1.38. The van der Waals surface area contributed by atoms with Gasteiger partial charge in [-0.2, -0.15) is 0 Å². The van der Waals surface area contributed by atoms with Gasteiger partial charge >= 0.3 is 6.09 Å². The quantitative estimate of drug-likeness (QED) is 0.776. The number of aliphatic hydroxyl groups excluding tert-OH is 1. The lowest BCUT2D eigenvalue weighted by Gasteiger charge is -2.38. The van der Waals surface area contributed by atoms with Crippen LogP contribution >= 0.6 is 0 Å². The largest absolute Gasteiger partial charge is 0.450 e. The van der Waals surface area contributed by atoms with Gasteiger partial charge in [0.2, 0.25) is 5.91 Å². The van der Waals surface area contributed by atoms with Gasteiger partial charge in [0, 0.05) is 26.1 Å². The molecule has 2 unspecified atom stereocenters. The standard InChI is InChI=1S/C15H28N2O4/c1-4-21-15(20)16-13-8-12(5-6-18)9-17(10-13)14(19)7-11(2)3/h11-13,18H,4-10H2,1-3H3,(H,16,20). The summed E-state index contributed by atoms with van der Waals surface area (Å²) in [6.07, 6.45) is 1.48. The minimum absolute atomic E-state index is 0.100. The van der Waals surface area contributed by atoms with Crippen LogP contribution in [0.2, 0.25) is 0 Å². The third kappa shape index (κ3) is 6.33. The fourth-order valence-corrected chi connectivity index (χ4v) is 2.72. The predicted molar refractivity (Wildman–Crippen MR) is 79.8 cm³/mol. The van der Waals surface area contributed by atoms with Crippen LogP contribution in [0.3, 0.4) is 0 Å². The van der Waals surface area contributed by atoms with Gasteiger partial charge in [-0.1, -0.05) is 13.8 Å². The van der Waals surface area contributed by atoms with Crippen LogP contribution in [-0.2, 0) is 9.53 Å². The van der Waals surface area contributed by atoms with Crippen LogP contribution in [0.1, 0.15) is 40.0 Å². The Morgan fingerprint density at radius 1 is 1.38 bits per heavy atom. The number of aliphatic hydroxyl groups is 1. The van der Waals surface area contributed by atoms with Crippen LogP contribution in [0.15, 0.2) is 0 Å². The van der Waals surface area contributed by atoms with Gasteiger partial charge in [0.05, 0.1) is 12.6 Å². The number of ether oxygens (including phenoxy) is 1. The highest BCUT2D eigenvalue weighted by Gasteiger charge is 2.30. The SMILES string of the molecule is CCOC(=O)NC1CC(CCO)CN(C(=O)CC(C)C)C1. The topological polar surface area (TPSA) is 78.9 Å². The van der Waals surface area contributed by atoms with Gasteiger partial charge in [-0.3, -0.25) is 4.79 Å². The third-order valence-electron chi connectivity index (χ3n) is 3.61. The molecule has 0 spiro atoms. The molecule has 122 valence electrons. The number of amides is 2. The van der Waals surface area contributed by atoms with Gasteiger partial charge in [0.1, 0.15) is 0 Å². The Bertz CT molecular complexity index is 347. The van der Waals surface area contributed by atoms with E-state index in [4.69, 9.17) is 9.84 Å². The zero-order valence-corrected chi connectivity index (χ0v) is 13.3. The number of rotatable bonds is 6. The molecular formula is C15H28N2O4. The maximum absolute atomic E-state index is 12.2. The second-order valence-corrected chi connectivity index (χ2v) is 6.07. The lowest BCUT2D eigenvalue weighted by molar-refractivity contribution is -0.134. The molecule has 2 atom stereocenters. The number of piperidine rings is 1. The Morgan fingerprint density at radius 3 is 2.67 bits per heavy atom. The molecule has 1 saturated heterocycles. The molecule has 1 rings (SSSR count). The fraction of sp³-hybridized carbons (Fsp3) is 0.867. The van der Waals surface area contributed by atoms with Crippen molar-refractivity contribution in [1.29, 1.82) is 0 Å². The number of nitrogens with one attached hydrogen (secondary N) is 1. The van der Waals surface area contributed by atoms with Crippen molar-refractivity contribution in [2.45, 2.75) is 46.1 Å².